The first kappa shape index (κ1) is 17.5. The fourth-order valence-electron chi connectivity index (χ4n) is 2.52. The minimum Gasteiger partial charge on any atom is -0.279 e. The molecule has 0 amide bonds. The lowest BCUT2D eigenvalue weighted by Gasteiger charge is -2.10. The summed E-state index contributed by atoms with van der Waals surface area (Å²) in [6.07, 6.45) is 1.55. The van der Waals surface area contributed by atoms with Crippen molar-refractivity contribution in [3.05, 3.63) is 76.6 Å². The maximum Gasteiger partial charge on any atom is 0.265 e. The molecule has 3 rings (SSSR count). The summed E-state index contributed by atoms with van der Waals surface area (Å²) in [5.74, 6) is 0. The summed E-state index contributed by atoms with van der Waals surface area (Å²) >= 11 is 5.97. The summed E-state index contributed by atoms with van der Waals surface area (Å²) in [5, 5.41) is 4.80. The molecule has 0 spiro atoms. The van der Waals surface area contributed by atoms with Crippen LogP contribution in [0.4, 0.5) is 5.69 Å². The van der Waals surface area contributed by atoms with Gasteiger partial charge in [-0.05, 0) is 37.1 Å². The molecule has 0 aliphatic rings. The third kappa shape index (κ3) is 4.03. The Bertz CT molecular complexity index is 998. The van der Waals surface area contributed by atoms with Crippen LogP contribution in [0.5, 0.6) is 0 Å². The van der Waals surface area contributed by atoms with E-state index < -0.39 is 10.0 Å². The predicted octanol–water partition coefficient (Wildman–Crippen LogP) is 4.00. The Balaban J connectivity index is 1.89. The number of anilines is 1. The van der Waals surface area contributed by atoms with Crippen molar-refractivity contribution in [1.82, 2.24) is 9.78 Å². The molecule has 0 fully saturated rings. The third-order valence-corrected chi connectivity index (χ3v) is 5.53. The van der Waals surface area contributed by atoms with Crippen molar-refractivity contribution in [3.63, 3.8) is 0 Å². The van der Waals surface area contributed by atoms with Gasteiger partial charge in [0.15, 0.2) is 0 Å². The Morgan fingerprint density at radius 2 is 1.84 bits per heavy atom. The van der Waals surface area contributed by atoms with E-state index in [-0.39, 0.29) is 4.90 Å². The van der Waals surface area contributed by atoms with E-state index >= 15 is 0 Å². The van der Waals surface area contributed by atoms with E-state index in [0.717, 1.165) is 11.1 Å². The number of hydrogen-bond acceptors (Lipinski definition) is 3. The average Bonchev–Trinajstić information content (AvgIpc) is 2.93. The van der Waals surface area contributed by atoms with Crippen LogP contribution in [0.2, 0.25) is 5.02 Å². The fraction of sp³-hybridized carbons (Fsp3) is 0.167. The molecule has 0 radical (unpaired) electrons. The quantitative estimate of drug-likeness (QED) is 0.733. The maximum atomic E-state index is 12.7. The van der Waals surface area contributed by atoms with Crippen LogP contribution in [0.25, 0.3) is 0 Å². The molecule has 0 saturated heterocycles. The summed E-state index contributed by atoms with van der Waals surface area (Å²) in [5.41, 5.74) is 2.75. The van der Waals surface area contributed by atoms with Gasteiger partial charge in [-0.15, -0.1) is 0 Å². The number of nitrogens with zero attached hydrogens (tertiary/aromatic N) is 2. The Kier molecular flexibility index (Phi) is 4.83. The van der Waals surface area contributed by atoms with E-state index in [9.17, 15) is 8.42 Å². The summed E-state index contributed by atoms with van der Waals surface area (Å²) in [4.78, 5) is 0.155. The number of aryl methyl sites for hydroxylation is 2. The largest absolute Gasteiger partial charge is 0.279 e. The van der Waals surface area contributed by atoms with E-state index in [4.69, 9.17) is 11.6 Å². The van der Waals surface area contributed by atoms with Crippen molar-refractivity contribution in [1.29, 1.82) is 0 Å². The monoisotopic (exact) mass is 375 g/mol. The van der Waals surface area contributed by atoms with Gasteiger partial charge in [-0.2, -0.15) is 5.10 Å². The summed E-state index contributed by atoms with van der Waals surface area (Å²) < 4.78 is 29.7. The number of rotatable bonds is 5. The van der Waals surface area contributed by atoms with Gasteiger partial charge in [0, 0.05) is 11.2 Å². The van der Waals surface area contributed by atoms with Gasteiger partial charge in [0.25, 0.3) is 10.0 Å². The smallest absolute Gasteiger partial charge is 0.265 e. The molecule has 0 aliphatic heterocycles. The number of hydrogen-bond donors (Lipinski definition) is 1. The minimum atomic E-state index is -3.75. The second-order valence-corrected chi connectivity index (χ2v) is 7.91. The van der Waals surface area contributed by atoms with Crippen molar-refractivity contribution in [2.75, 3.05) is 4.72 Å². The Hall–Kier alpha value is -2.31. The van der Waals surface area contributed by atoms with Crippen LogP contribution in [-0.4, -0.2) is 18.2 Å². The lowest BCUT2D eigenvalue weighted by atomic mass is 10.2. The van der Waals surface area contributed by atoms with Gasteiger partial charge in [0.1, 0.15) is 4.90 Å². The molecule has 25 heavy (non-hydrogen) atoms. The van der Waals surface area contributed by atoms with E-state index in [0.29, 0.717) is 22.9 Å². The summed E-state index contributed by atoms with van der Waals surface area (Å²) in [6, 6.07) is 14.8. The summed E-state index contributed by atoms with van der Waals surface area (Å²) in [6.45, 7) is 4.01. The fourth-order valence-corrected chi connectivity index (χ4v) is 4.00. The molecular weight excluding hydrogens is 358 g/mol. The van der Waals surface area contributed by atoms with Crippen molar-refractivity contribution in [2.45, 2.75) is 25.3 Å². The Labute approximate surface area is 152 Å². The first-order valence-corrected chi connectivity index (χ1v) is 9.58. The first-order chi connectivity index (χ1) is 11.8. The molecule has 7 heteroatoms. The third-order valence-electron chi connectivity index (χ3n) is 3.82. The molecule has 3 aromatic rings. The second kappa shape index (κ2) is 6.90. The number of benzene rings is 2. The lowest BCUT2D eigenvalue weighted by molar-refractivity contribution is 0.600. The lowest BCUT2D eigenvalue weighted by Crippen LogP contribution is -2.14. The molecule has 0 unspecified atom stereocenters. The van der Waals surface area contributed by atoms with Gasteiger partial charge < -0.3 is 0 Å². The van der Waals surface area contributed by atoms with Crippen LogP contribution in [0.1, 0.15) is 16.8 Å². The van der Waals surface area contributed by atoms with Gasteiger partial charge in [0.2, 0.25) is 0 Å². The van der Waals surface area contributed by atoms with E-state index in [1.54, 1.807) is 36.0 Å². The predicted molar refractivity (Wildman–Crippen MR) is 99.5 cm³/mol. The molecule has 0 bridgehead atoms. The van der Waals surface area contributed by atoms with Crippen LogP contribution in [-0.2, 0) is 16.6 Å². The number of sulfonamides is 1. The van der Waals surface area contributed by atoms with Crippen LogP contribution < -0.4 is 4.72 Å². The van der Waals surface area contributed by atoms with Gasteiger partial charge in [-0.25, -0.2) is 8.42 Å². The van der Waals surface area contributed by atoms with Crippen LogP contribution in [0.15, 0.2) is 59.6 Å². The zero-order valence-electron chi connectivity index (χ0n) is 13.9. The maximum absolute atomic E-state index is 12.7. The Morgan fingerprint density at radius 3 is 2.56 bits per heavy atom. The first-order valence-electron chi connectivity index (χ1n) is 7.72. The van der Waals surface area contributed by atoms with Crippen molar-refractivity contribution in [3.8, 4) is 0 Å². The SMILES string of the molecule is Cc1ccc(Cl)cc1NS(=O)(=O)c1cn(Cc2ccccc2)nc1C. The van der Waals surface area contributed by atoms with E-state index in [2.05, 4.69) is 9.82 Å². The van der Waals surface area contributed by atoms with Gasteiger partial charge in [-0.1, -0.05) is 48.0 Å². The number of aromatic nitrogens is 2. The zero-order valence-corrected chi connectivity index (χ0v) is 15.5. The van der Waals surface area contributed by atoms with Crippen molar-refractivity contribution in [2.24, 2.45) is 0 Å². The highest BCUT2D eigenvalue weighted by Gasteiger charge is 2.21. The molecule has 0 saturated carbocycles. The van der Waals surface area contributed by atoms with Crippen LogP contribution in [0.3, 0.4) is 0 Å². The highest BCUT2D eigenvalue weighted by atomic mass is 35.5. The van der Waals surface area contributed by atoms with Crippen molar-refractivity contribution >= 4 is 27.3 Å². The van der Waals surface area contributed by atoms with Gasteiger partial charge in [0.05, 0.1) is 17.9 Å². The Morgan fingerprint density at radius 1 is 1.12 bits per heavy atom. The molecule has 1 aromatic heterocycles. The second-order valence-electron chi connectivity index (χ2n) is 5.83. The van der Waals surface area contributed by atoms with Crippen LogP contribution in [0, 0.1) is 13.8 Å². The molecule has 2 aromatic carbocycles. The van der Waals surface area contributed by atoms with Crippen molar-refractivity contribution < 1.29 is 8.42 Å². The van der Waals surface area contributed by atoms with Gasteiger partial charge in [-0.3, -0.25) is 9.40 Å². The average molecular weight is 376 g/mol. The molecule has 0 aliphatic carbocycles. The molecule has 1 heterocycles. The molecule has 0 atom stereocenters. The molecule has 5 nitrogen and oxygen atoms in total. The molecule has 1 N–H and O–H groups in total. The zero-order chi connectivity index (χ0) is 18.0. The highest BCUT2D eigenvalue weighted by Crippen LogP contribution is 2.24. The standard InChI is InChI=1S/C18H18ClN3O2S/c1-13-8-9-16(19)10-17(13)21-25(23,24)18-12-22(20-14(18)2)11-15-6-4-3-5-7-15/h3-10,12,21H,11H2,1-2H3. The van der Waals surface area contributed by atoms with Crippen LogP contribution >= 0.6 is 11.6 Å². The summed E-state index contributed by atoms with van der Waals surface area (Å²) in [7, 11) is -3.75. The highest BCUT2D eigenvalue weighted by molar-refractivity contribution is 7.92. The van der Waals surface area contributed by atoms with E-state index in [1.807, 2.05) is 37.3 Å². The number of halogens is 1. The topological polar surface area (TPSA) is 64.0 Å². The molecule has 130 valence electrons. The van der Waals surface area contributed by atoms with E-state index in [1.165, 1.54) is 0 Å². The number of nitrogens with one attached hydrogen (secondary N) is 1. The molecular formula is C18H18ClN3O2S. The normalized spacial score (nSPS) is 11.5. The van der Waals surface area contributed by atoms with Gasteiger partial charge >= 0.3 is 0 Å². The minimum absolute atomic E-state index is 0.155.